The third-order valence-corrected chi connectivity index (χ3v) is 3.79. The van der Waals surface area contributed by atoms with E-state index in [4.69, 9.17) is 27.9 Å². The van der Waals surface area contributed by atoms with Crippen molar-refractivity contribution in [3.8, 4) is 0 Å². The minimum absolute atomic E-state index is 0.160. The van der Waals surface area contributed by atoms with E-state index in [9.17, 15) is 9.59 Å². The van der Waals surface area contributed by atoms with E-state index in [0.717, 1.165) is 0 Å². The number of rotatable bonds is 7. The lowest BCUT2D eigenvalue weighted by molar-refractivity contribution is 0.0943. The smallest absolute Gasteiger partial charge is 0.269 e. The molecule has 0 unspecified atom stereocenters. The van der Waals surface area contributed by atoms with Crippen LogP contribution in [0.2, 0.25) is 10.0 Å². The summed E-state index contributed by atoms with van der Waals surface area (Å²) in [5.41, 5.74) is 0.883. The van der Waals surface area contributed by atoms with Crippen LogP contribution in [0.4, 0.5) is 5.69 Å². The van der Waals surface area contributed by atoms with Crippen LogP contribution >= 0.6 is 23.2 Å². The number of aromatic nitrogens is 1. The zero-order chi connectivity index (χ0) is 18.2. The maximum absolute atomic E-state index is 12.3. The molecule has 25 heavy (non-hydrogen) atoms. The number of halogens is 2. The highest BCUT2D eigenvalue weighted by atomic mass is 35.5. The standard InChI is InChI=1S/C17H17Cl2N3O3/c1-25-8-2-6-21-17(24)15-9-11(5-7-20-15)16(23)22-14-4-3-12(18)10-13(14)19/h3-5,7,9-10H,2,6,8H2,1H3,(H,21,24)(H,22,23). The summed E-state index contributed by atoms with van der Waals surface area (Å²) in [7, 11) is 1.60. The van der Waals surface area contributed by atoms with Gasteiger partial charge in [0.1, 0.15) is 5.69 Å². The Morgan fingerprint density at radius 1 is 1.16 bits per heavy atom. The molecule has 0 bridgehead atoms. The van der Waals surface area contributed by atoms with Crippen molar-refractivity contribution >= 4 is 40.7 Å². The van der Waals surface area contributed by atoms with Crippen LogP contribution in [0.3, 0.4) is 0 Å². The van der Waals surface area contributed by atoms with Crippen LogP contribution in [0.5, 0.6) is 0 Å². The van der Waals surface area contributed by atoms with Gasteiger partial charge in [0.05, 0.1) is 10.7 Å². The SMILES string of the molecule is COCCCNC(=O)c1cc(C(=O)Nc2ccc(Cl)cc2Cl)ccn1. The maximum atomic E-state index is 12.3. The summed E-state index contributed by atoms with van der Waals surface area (Å²) in [4.78, 5) is 28.4. The van der Waals surface area contributed by atoms with Crippen LogP contribution in [-0.4, -0.2) is 37.1 Å². The third kappa shape index (κ3) is 5.70. The fourth-order valence-corrected chi connectivity index (χ4v) is 2.45. The number of pyridine rings is 1. The molecule has 2 aromatic rings. The average molecular weight is 382 g/mol. The monoisotopic (exact) mass is 381 g/mol. The Morgan fingerprint density at radius 3 is 2.68 bits per heavy atom. The summed E-state index contributed by atoms with van der Waals surface area (Å²) >= 11 is 11.9. The highest BCUT2D eigenvalue weighted by Crippen LogP contribution is 2.25. The maximum Gasteiger partial charge on any atom is 0.269 e. The van der Waals surface area contributed by atoms with Crippen LogP contribution < -0.4 is 10.6 Å². The second-order valence-corrected chi connectivity index (χ2v) is 5.95. The molecule has 1 aromatic carbocycles. The second-order valence-electron chi connectivity index (χ2n) is 5.11. The Kier molecular flexibility index (Phi) is 7.18. The van der Waals surface area contributed by atoms with Crippen LogP contribution in [-0.2, 0) is 4.74 Å². The van der Waals surface area contributed by atoms with Gasteiger partial charge in [0.2, 0.25) is 0 Å². The van der Waals surface area contributed by atoms with Gasteiger partial charge in [-0.15, -0.1) is 0 Å². The normalized spacial score (nSPS) is 10.4. The number of amides is 2. The topological polar surface area (TPSA) is 80.3 Å². The van der Waals surface area contributed by atoms with E-state index >= 15 is 0 Å². The van der Waals surface area contributed by atoms with E-state index in [0.29, 0.717) is 40.9 Å². The van der Waals surface area contributed by atoms with Gasteiger partial charge in [0, 0.05) is 37.0 Å². The first-order chi connectivity index (χ1) is 12.0. The fourth-order valence-electron chi connectivity index (χ4n) is 1.99. The molecular formula is C17H17Cl2N3O3. The predicted molar refractivity (Wildman–Crippen MR) is 97.5 cm³/mol. The van der Waals surface area contributed by atoms with E-state index in [-0.39, 0.29) is 11.6 Å². The molecule has 0 fully saturated rings. The Hall–Kier alpha value is -2.15. The molecule has 0 spiro atoms. The molecule has 2 rings (SSSR count). The van der Waals surface area contributed by atoms with Crippen molar-refractivity contribution in [2.24, 2.45) is 0 Å². The largest absolute Gasteiger partial charge is 0.385 e. The molecule has 2 amide bonds. The Bertz CT molecular complexity index is 769. The van der Waals surface area contributed by atoms with Gasteiger partial charge in [-0.25, -0.2) is 0 Å². The van der Waals surface area contributed by atoms with Gasteiger partial charge in [0.25, 0.3) is 11.8 Å². The van der Waals surface area contributed by atoms with Gasteiger partial charge in [-0.3, -0.25) is 14.6 Å². The van der Waals surface area contributed by atoms with E-state index in [1.165, 1.54) is 24.4 Å². The number of nitrogens with zero attached hydrogens (tertiary/aromatic N) is 1. The fraction of sp³-hybridized carbons (Fsp3) is 0.235. The van der Waals surface area contributed by atoms with Crippen LogP contribution in [0.1, 0.15) is 27.3 Å². The summed E-state index contributed by atoms with van der Waals surface area (Å²) in [6.45, 7) is 1.02. The molecular weight excluding hydrogens is 365 g/mol. The predicted octanol–water partition coefficient (Wildman–Crippen LogP) is 3.41. The molecule has 0 atom stereocenters. The van der Waals surface area contributed by atoms with Crippen LogP contribution in [0, 0.1) is 0 Å². The van der Waals surface area contributed by atoms with Gasteiger partial charge in [-0.2, -0.15) is 0 Å². The minimum atomic E-state index is -0.403. The van der Waals surface area contributed by atoms with Gasteiger partial charge < -0.3 is 15.4 Å². The molecule has 1 aromatic heterocycles. The first-order valence-corrected chi connectivity index (χ1v) is 8.26. The molecule has 2 N–H and O–H groups in total. The van der Waals surface area contributed by atoms with Crippen molar-refractivity contribution in [3.05, 3.63) is 57.8 Å². The number of anilines is 1. The van der Waals surface area contributed by atoms with Gasteiger partial charge in [-0.05, 0) is 36.8 Å². The molecule has 0 saturated heterocycles. The Labute approximate surface area is 155 Å². The molecule has 0 aliphatic heterocycles. The number of benzene rings is 1. The van der Waals surface area contributed by atoms with E-state index in [2.05, 4.69) is 15.6 Å². The molecule has 0 saturated carbocycles. The number of hydrogen-bond acceptors (Lipinski definition) is 4. The average Bonchev–Trinajstić information content (AvgIpc) is 2.61. The molecule has 0 aliphatic carbocycles. The van der Waals surface area contributed by atoms with Gasteiger partial charge >= 0.3 is 0 Å². The summed E-state index contributed by atoms with van der Waals surface area (Å²) in [6, 6.07) is 7.69. The number of methoxy groups -OCH3 is 1. The summed E-state index contributed by atoms with van der Waals surface area (Å²) in [5.74, 6) is -0.754. The zero-order valence-electron chi connectivity index (χ0n) is 13.5. The molecule has 0 aliphatic rings. The first kappa shape index (κ1) is 19.2. The molecule has 6 nitrogen and oxygen atoms in total. The lowest BCUT2D eigenvalue weighted by Gasteiger charge is -2.09. The summed E-state index contributed by atoms with van der Waals surface area (Å²) < 4.78 is 4.91. The molecule has 0 radical (unpaired) electrons. The lowest BCUT2D eigenvalue weighted by atomic mass is 10.2. The first-order valence-electron chi connectivity index (χ1n) is 7.51. The highest BCUT2D eigenvalue weighted by Gasteiger charge is 2.13. The lowest BCUT2D eigenvalue weighted by Crippen LogP contribution is -2.26. The van der Waals surface area contributed by atoms with E-state index < -0.39 is 5.91 Å². The zero-order valence-corrected chi connectivity index (χ0v) is 15.0. The quantitative estimate of drug-likeness (QED) is 0.720. The Morgan fingerprint density at radius 2 is 1.96 bits per heavy atom. The van der Waals surface area contributed by atoms with Crippen molar-refractivity contribution in [2.75, 3.05) is 25.6 Å². The number of carbonyl (C=O) groups is 2. The summed E-state index contributed by atoms with van der Waals surface area (Å²) in [6.07, 6.45) is 2.10. The van der Waals surface area contributed by atoms with Gasteiger partial charge in [0.15, 0.2) is 0 Å². The minimum Gasteiger partial charge on any atom is -0.385 e. The third-order valence-electron chi connectivity index (χ3n) is 3.24. The Balaban J connectivity index is 2.04. The van der Waals surface area contributed by atoms with Crippen LogP contribution in [0.25, 0.3) is 0 Å². The molecule has 1 heterocycles. The van der Waals surface area contributed by atoms with Crippen molar-refractivity contribution < 1.29 is 14.3 Å². The number of carbonyl (C=O) groups excluding carboxylic acids is 2. The summed E-state index contributed by atoms with van der Waals surface area (Å²) in [5, 5.41) is 6.19. The highest BCUT2D eigenvalue weighted by molar-refractivity contribution is 6.36. The number of nitrogens with one attached hydrogen (secondary N) is 2. The second kappa shape index (κ2) is 9.36. The number of hydrogen-bond donors (Lipinski definition) is 2. The van der Waals surface area contributed by atoms with Crippen molar-refractivity contribution in [2.45, 2.75) is 6.42 Å². The number of ether oxygens (including phenoxy) is 1. The molecule has 8 heteroatoms. The van der Waals surface area contributed by atoms with Gasteiger partial charge in [-0.1, -0.05) is 23.2 Å². The van der Waals surface area contributed by atoms with Crippen LogP contribution in [0.15, 0.2) is 36.5 Å². The van der Waals surface area contributed by atoms with Crippen molar-refractivity contribution in [1.29, 1.82) is 0 Å². The molecule has 132 valence electrons. The van der Waals surface area contributed by atoms with E-state index in [1.54, 1.807) is 19.2 Å². The van der Waals surface area contributed by atoms with Crippen molar-refractivity contribution in [3.63, 3.8) is 0 Å². The van der Waals surface area contributed by atoms with Crippen molar-refractivity contribution in [1.82, 2.24) is 10.3 Å². The van der Waals surface area contributed by atoms with E-state index in [1.807, 2.05) is 0 Å².